The van der Waals surface area contributed by atoms with Crippen molar-refractivity contribution in [2.45, 2.75) is 44.9 Å². The lowest BCUT2D eigenvalue weighted by Gasteiger charge is -2.26. The molecule has 0 spiro atoms. The number of ether oxygens (including phenoxy) is 1. The number of carbonyl (C=O) groups excluding carboxylic acids is 2. The molecule has 7 heteroatoms. The first-order valence-electron chi connectivity index (χ1n) is 10.6. The highest BCUT2D eigenvalue weighted by Gasteiger charge is 2.23. The van der Waals surface area contributed by atoms with Crippen molar-refractivity contribution in [1.82, 2.24) is 14.8 Å². The van der Waals surface area contributed by atoms with Crippen LogP contribution in [0, 0.1) is 0 Å². The molecule has 1 unspecified atom stereocenters. The molecule has 2 aromatic rings. The number of hydrogen-bond donors (Lipinski definition) is 1. The topological polar surface area (TPSA) is 74.8 Å². The minimum Gasteiger partial charge on any atom is -0.376 e. The van der Waals surface area contributed by atoms with Crippen LogP contribution in [0.25, 0.3) is 0 Å². The quantitative estimate of drug-likeness (QED) is 0.762. The van der Waals surface area contributed by atoms with E-state index >= 15 is 0 Å². The van der Waals surface area contributed by atoms with Gasteiger partial charge in [-0.3, -0.25) is 9.78 Å². The molecule has 2 aliphatic heterocycles. The Morgan fingerprint density at radius 2 is 2.07 bits per heavy atom. The minimum atomic E-state index is -0.156. The number of nitrogens with one attached hydrogen (secondary N) is 1. The van der Waals surface area contributed by atoms with E-state index in [2.05, 4.69) is 10.3 Å². The maximum atomic E-state index is 13.0. The molecule has 0 saturated carbocycles. The van der Waals surface area contributed by atoms with Crippen molar-refractivity contribution in [1.29, 1.82) is 0 Å². The maximum absolute atomic E-state index is 13.0. The van der Waals surface area contributed by atoms with Crippen molar-refractivity contribution >= 4 is 17.6 Å². The minimum absolute atomic E-state index is 0.0767. The van der Waals surface area contributed by atoms with Gasteiger partial charge in [0.25, 0.3) is 0 Å². The largest absolute Gasteiger partial charge is 0.376 e. The van der Waals surface area contributed by atoms with Gasteiger partial charge in [-0.1, -0.05) is 18.2 Å². The summed E-state index contributed by atoms with van der Waals surface area (Å²) in [5, 5.41) is 3.00. The summed E-state index contributed by atoms with van der Waals surface area (Å²) in [7, 11) is 0. The Labute approximate surface area is 177 Å². The van der Waals surface area contributed by atoms with Crippen LogP contribution >= 0.6 is 0 Å². The van der Waals surface area contributed by atoms with E-state index < -0.39 is 0 Å². The third-order valence-electron chi connectivity index (χ3n) is 5.58. The number of aromatic nitrogens is 1. The fraction of sp³-hybridized carbons (Fsp3) is 0.435. The summed E-state index contributed by atoms with van der Waals surface area (Å²) in [5.41, 5.74) is 2.78. The molecule has 3 amide bonds. The summed E-state index contributed by atoms with van der Waals surface area (Å²) < 4.78 is 5.74. The summed E-state index contributed by atoms with van der Waals surface area (Å²) in [6.07, 6.45) is 7.17. The summed E-state index contributed by atoms with van der Waals surface area (Å²) in [4.78, 5) is 32.6. The third kappa shape index (κ3) is 5.36. The summed E-state index contributed by atoms with van der Waals surface area (Å²) in [5.74, 6) is 0.215. The number of benzene rings is 1. The van der Waals surface area contributed by atoms with Crippen molar-refractivity contribution < 1.29 is 14.3 Å². The van der Waals surface area contributed by atoms with Crippen LogP contribution in [-0.4, -0.2) is 52.5 Å². The lowest BCUT2D eigenvalue weighted by molar-refractivity contribution is -0.128. The van der Waals surface area contributed by atoms with Crippen LogP contribution in [0.3, 0.4) is 0 Å². The van der Waals surface area contributed by atoms with Crippen molar-refractivity contribution in [3.8, 4) is 0 Å². The molecule has 1 aromatic heterocycles. The number of hydrogen-bond acceptors (Lipinski definition) is 4. The van der Waals surface area contributed by atoms with E-state index in [1.807, 2.05) is 41.3 Å². The van der Waals surface area contributed by atoms with Crippen molar-refractivity contribution in [3.05, 3.63) is 59.9 Å². The van der Waals surface area contributed by atoms with E-state index in [1.54, 1.807) is 17.3 Å². The van der Waals surface area contributed by atoms with E-state index in [-0.39, 0.29) is 18.0 Å². The van der Waals surface area contributed by atoms with Gasteiger partial charge in [0.05, 0.1) is 6.10 Å². The highest BCUT2D eigenvalue weighted by Crippen LogP contribution is 2.18. The number of anilines is 1. The van der Waals surface area contributed by atoms with Crippen molar-refractivity contribution in [2.75, 3.05) is 25.0 Å². The smallest absolute Gasteiger partial charge is 0.322 e. The molecular formula is C23H28N4O3. The van der Waals surface area contributed by atoms with Gasteiger partial charge in [-0.05, 0) is 48.6 Å². The standard InChI is InChI=1S/C23H28N4O3/c28-22-6-2-12-26(22)15-18-7-9-20(10-8-18)25-23(29)27(17-21-5-3-13-30-21)16-19-4-1-11-24-14-19/h1,4,7-11,14,21H,2-3,5-6,12-13,15-17H2,(H,25,29). The van der Waals surface area contributed by atoms with Crippen molar-refractivity contribution in [2.24, 2.45) is 0 Å². The molecule has 2 aliphatic rings. The van der Waals surface area contributed by atoms with Gasteiger partial charge in [-0.2, -0.15) is 0 Å². The Morgan fingerprint density at radius 3 is 2.73 bits per heavy atom. The van der Waals surface area contributed by atoms with Gasteiger partial charge in [0.1, 0.15) is 0 Å². The Morgan fingerprint density at radius 1 is 1.20 bits per heavy atom. The lowest BCUT2D eigenvalue weighted by atomic mass is 10.2. The van der Waals surface area contributed by atoms with Gasteiger partial charge in [0.2, 0.25) is 5.91 Å². The second-order valence-corrected chi connectivity index (χ2v) is 7.92. The molecule has 1 aromatic carbocycles. The number of amides is 3. The zero-order valence-electron chi connectivity index (χ0n) is 17.1. The normalized spacial score (nSPS) is 18.6. The van der Waals surface area contributed by atoms with Crippen LogP contribution in [0.1, 0.15) is 36.8 Å². The monoisotopic (exact) mass is 408 g/mol. The number of carbonyl (C=O) groups is 2. The average Bonchev–Trinajstić information content (AvgIpc) is 3.42. The Kier molecular flexibility index (Phi) is 6.59. The van der Waals surface area contributed by atoms with Crippen LogP contribution in [0.2, 0.25) is 0 Å². The SMILES string of the molecule is O=C1CCCN1Cc1ccc(NC(=O)N(Cc2cccnc2)CC2CCCO2)cc1. The van der Waals surface area contributed by atoms with Crippen LogP contribution in [-0.2, 0) is 22.6 Å². The molecule has 2 saturated heterocycles. The van der Waals surface area contributed by atoms with Crippen LogP contribution in [0.4, 0.5) is 10.5 Å². The molecule has 4 rings (SSSR count). The van der Waals surface area contributed by atoms with Gasteiger partial charge < -0.3 is 19.9 Å². The molecule has 2 fully saturated rings. The number of rotatable bonds is 7. The molecule has 3 heterocycles. The molecule has 0 radical (unpaired) electrons. The predicted octanol–water partition coefficient (Wildman–Crippen LogP) is 3.42. The van der Waals surface area contributed by atoms with Gasteiger partial charge in [0, 0.05) is 57.3 Å². The second-order valence-electron chi connectivity index (χ2n) is 7.92. The van der Waals surface area contributed by atoms with E-state index in [9.17, 15) is 9.59 Å². The number of nitrogens with zero attached hydrogens (tertiary/aromatic N) is 3. The summed E-state index contributed by atoms with van der Waals surface area (Å²) in [6, 6.07) is 11.4. The van der Waals surface area contributed by atoms with Gasteiger partial charge in [-0.25, -0.2) is 4.79 Å². The fourth-order valence-corrected chi connectivity index (χ4v) is 3.95. The molecule has 30 heavy (non-hydrogen) atoms. The molecule has 158 valence electrons. The van der Waals surface area contributed by atoms with Crippen LogP contribution in [0.5, 0.6) is 0 Å². The molecular weight excluding hydrogens is 380 g/mol. The van der Waals surface area contributed by atoms with Crippen molar-refractivity contribution in [3.63, 3.8) is 0 Å². The maximum Gasteiger partial charge on any atom is 0.322 e. The highest BCUT2D eigenvalue weighted by molar-refractivity contribution is 5.89. The number of urea groups is 1. The molecule has 1 N–H and O–H groups in total. The lowest BCUT2D eigenvalue weighted by Crippen LogP contribution is -2.39. The zero-order chi connectivity index (χ0) is 20.8. The summed E-state index contributed by atoms with van der Waals surface area (Å²) in [6.45, 7) is 3.24. The fourth-order valence-electron chi connectivity index (χ4n) is 3.95. The van der Waals surface area contributed by atoms with Gasteiger partial charge in [0.15, 0.2) is 0 Å². The Balaban J connectivity index is 1.38. The Hall–Kier alpha value is -2.93. The number of pyridine rings is 1. The average molecular weight is 409 g/mol. The summed E-state index contributed by atoms with van der Waals surface area (Å²) >= 11 is 0. The van der Waals surface area contributed by atoms with Crippen LogP contribution < -0.4 is 5.32 Å². The first-order valence-corrected chi connectivity index (χ1v) is 10.6. The van der Waals surface area contributed by atoms with Gasteiger partial charge >= 0.3 is 6.03 Å². The first kappa shape index (κ1) is 20.3. The highest BCUT2D eigenvalue weighted by atomic mass is 16.5. The molecule has 7 nitrogen and oxygen atoms in total. The van der Waals surface area contributed by atoms with E-state index in [0.29, 0.717) is 26.1 Å². The Bertz CT molecular complexity index is 851. The van der Waals surface area contributed by atoms with E-state index in [1.165, 1.54) is 0 Å². The second kappa shape index (κ2) is 9.71. The predicted molar refractivity (Wildman–Crippen MR) is 114 cm³/mol. The van der Waals surface area contributed by atoms with E-state index in [0.717, 1.165) is 49.2 Å². The van der Waals surface area contributed by atoms with Gasteiger partial charge in [-0.15, -0.1) is 0 Å². The van der Waals surface area contributed by atoms with Crippen LogP contribution in [0.15, 0.2) is 48.8 Å². The zero-order valence-corrected chi connectivity index (χ0v) is 17.1. The molecule has 0 aliphatic carbocycles. The van der Waals surface area contributed by atoms with E-state index in [4.69, 9.17) is 4.74 Å². The first-order chi connectivity index (χ1) is 14.7. The number of likely N-dealkylation sites (tertiary alicyclic amines) is 1. The molecule has 1 atom stereocenters. The molecule has 0 bridgehead atoms. The third-order valence-corrected chi connectivity index (χ3v) is 5.58.